The van der Waals surface area contributed by atoms with Crippen LogP contribution in [0.25, 0.3) is 0 Å². The van der Waals surface area contributed by atoms with Gasteiger partial charge in [-0.1, -0.05) is 42.5 Å². The van der Waals surface area contributed by atoms with Crippen molar-refractivity contribution in [2.45, 2.75) is 0 Å². The van der Waals surface area contributed by atoms with Crippen LogP contribution in [0.1, 0.15) is 5.56 Å². The number of nitro groups is 1. The number of nitro benzene ring substituents is 1. The van der Waals surface area contributed by atoms with Crippen LogP contribution < -0.4 is 10.8 Å². The lowest BCUT2D eigenvalue weighted by molar-refractivity contribution is -0.384. The van der Waals surface area contributed by atoms with Gasteiger partial charge in [-0.3, -0.25) is 10.1 Å². The second-order valence-electron chi connectivity index (χ2n) is 4.59. The van der Waals surface area contributed by atoms with Crippen LogP contribution in [0.4, 0.5) is 5.69 Å². The molecular weight excluding hydrogens is 269 g/mol. The largest absolute Gasteiger partial charge is 0.466 e. The van der Waals surface area contributed by atoms with E-state index in [9.17, 15) is 10.1 Å². The molecule has 21 heavy (non-hydrogen) atoms. The van der Waals surface area contributed by atoms with E-state index in [0.29, 0.717) is 6.61 Å². The maximum absolute atomic E-state index is 10.6. The summed E-state index contributed by atoms with van der Waals surface area (Å²) in [7, 11) is -0.390. The van der Waals surface area contributed by atoms with E-state index in [-0.39, 0.29) is 5.69 Å². The molecule has 104 valence electrons. The van der Waals surface area contributed by atoms with Crippen LogP contribution >= 0.6 is 0 Å². The fourth-order valence-corrected chi connectivity index (χ4v) is 2.09. The summed E-state index contributed by atoms with van der Waals surface area (Å²) >= 11 is 0. The van der Waals surface area contributed by atoms with Crippen LogP contribution in [0.5, 0.6) is 0 Å². The lowest BCUT2D eigenvalue weighted by atomic mass is 9.74. The molecule has 2 aromatic rings. The molecule has 0 aromatic heterocycles. The monoisotopic (exact) mass is 281 g/mol. The molecule has 0 saturated heterocycles. The van der Waals surface area contributed by atoms with Gasteiger partial charge in [-0.2, -0.15) is 5.10 Å². The molecule has 1 aliphatic rings. The Kier molecular flexibility index (Phi) is 3.66. The average Bonchev–Trinajstić information content (AvgIpc) is 2.56. The first-order chi connectivity index (χ1) is 10.2. The second kappa shape index (κ2) is 5.76. The summed E-state index contributed by atoms with van der Waals surface area (Å²) in [6.45, 7) is 0.388. The second-order valence-corrected chi connectivity index (χ2v) is 4.59. The standard InChI is InChI=1S/C14H12BN3O3/c19-18(20)13-8-6-12(7-9-13)15-17-16-14(10-21-15)11-4-2-1-3-5-11/h1-9,17H,10H2. The van der Waals surface area contributed by atoms with Crippen molar-refractivity contribution >= 4 is 23.9 Å². The maximum atomic E-state index is 10.6. The molecular formula is C14H12BN3O3. The van der Waals surface area contributed by atoms with Gasteiger partial charge in [-0.25, -0.2) is 0 Å². The third-order valence-electron chi connectivity index (χ3n) is 3.22. The number of hydrogen-bond donors (Lipinski definition) is 1. The van der Waals surface area contributed by atoms with Crippen molar-refractivity contribution in [3.63, 3.8) is 0 Å². The van der Waals surface area contributed by atoms with Crippen LogP contribution in [0, 0.1) is 10.1 Å². The Bertz CT molecular complexity index is 674. The minimum absolute atomic E-state index is 0.0584. The molecule has 0 fully saturated rings. The van der Waals surface area contributed by atoms with Gasteiger partial charge in [0.2, 0.25) is 0 Å². The summed E-state index contributed by atoms with van der Waals surface area (Å²) in [5, 5.41) is 17.9. The molecule has 3 rings (SSSR count). The van der Waals surface area contributed by atoms with Crippen molar-refractivity contribution in [3.8, 4) is 0 Å². The number of nitrogens with one attached hydrogen (secondary N) is 1. The topological polar surface area (TPSA) is 76.8 Å². The Hall–Kier alpha value is -2.67. The fourth-order valence-electron chi connectivity index (χ4n) is 2.09. The smallest absolute Gasteiger partial charge is 0.406 e. The van der Waals surface area contributed by atoms with Crippen molar-refractivity contribution in [1.29, 1.82) is 0 Å². The Labute approximate surface area is 121 Å². The molecule has 7 heteroatoms. The number of rotatable bonds is 3. The quantitative estimate of drug-likeness (QED) is 0.523. The third-order valence-corrected chi connectivity index (χ3v) is 3.22. The van der Waals surface area contributed by atoms with E-state index in [2.05, 4.69) is 10.4 Å². The first-order valence-electron chi connectivity index (χ1n) is 6.47. The lowest BCUT2D eigenvalue weighted by Gasteiger charge is -2.20. The van der Waals surface area contributed by atoms with Gasteiger partial charge in [0.25, 0.3) is 5.69 Å². The van der Waals surface area contributed by atoms with Crippen molar-refractivity contribution < 1.29 is 9.58 Å². The van der Waals surface area contributed by atoms with Gasteiger partial charge in [-0.05, 0) is 11.0 Å². The van der Waals surface area contributed by atoms with Gasteiger partial charge in [0.15, 0.2) is 0 Å². The summed E-state index contributed by atoms with van der Waals surface area (Å²) in [5.74, 6) is 0. The summed E-state index contributed by atoms with van der Waals surface area (Å²) < 4.78 is 5.72. The van der Waals surface area contributed by atoms with Crippen LogP contribution in [-0.4, -0.2) is 24.3 Å². The molecule has 0 amide bonds. The molecule has 1 aliphatic heterocycles. The van der Waals surface area contributed by atoms with Crippen LogP contribution in [0.15, 0.2) is 59.7 Å². The van der Waals surface area contributed by atoms with Crippen LogP contribution in [0.2, 0.25) is 0 Å². The Morgan fingerprint density at radius 1 is 1.14 bits per heavy atom. The predicted molar refractivity (Wildman–Crippen MR) is 80.6 cm³/mol. The van der Waals surface area contributed by atoms with Gasteiger partial charge < -0.3 is 9.99 Å². The van der Waals surface area contributed by atoms with Gasteiger partial charge in [-0.15, -0.1) is 0 Å². The highest BCUT2D eigenvalue weighted by Crippen LogP contribution is 2.09. The number of hydrogen-bond acceptors (Lipinski definition) is 5. The highest BCUT2D eigenvalue weighted by Gasteiger charge is 2.25. The normalized spacial score (nSPS) is 14.3. The van der Waals surface area contributed by atoms with Crippen LogP contribution in [-0.2, 0) is 4.65 Å². The fraction of sp³-hybridized carbons (Fsp3) is 0.0714. The summed E-state index contributed by atoms with van der Waals surface area (Å²) in [5.41, 5.74) is 2.69. The van der Waals surface area contributed by atoms with E-state index in [1.54, 1.807) is 12.1 Å². The Balaban J connectivity index is 1.73. The molecule has 0 unspecified atom stereocenters. The van der Waals surface area contributed by atoms with E-state index >= 15 is 0 Å². The molecule has 1 N–H and O–H groups in total. The third kappa shape index (κ3) is 2.92. The zero-order valence-corrected chi connectivity index (χ0v) is 11.1. The van der Waals surface area contributed by atoms with Gasteiger partial charge >= 0.3 is 7.05 Å². The van der Waals surface area contributed by atoms with Crippen molar-refractivity contribution in [1.82, 2.24) is 5.34 Å². The number of nitrogens with zero attached hydrogens (tertiary/aromatic N) is 2. The van der Waals surface area contributed by atoms with Gasteiger partial charge in [0.05, 0.1) is 17.2 Å². The van der Waals surface area contributed by atoms with Crippen LogP contribution in [0.3, 0.4) is 0 Å². The minimum atomic E-state index is -0.426. The average molecular weight is 281 g/mol. The molecule has 1 heterocycles. The number of non-ortho nitro benzene ring substituents is 1. The highest BCUT2D eigenvalue weighted by molar-refractivity contribution is 6.65. The minimum Gasteiger partial charge on any atom is -0.406 e. The van der Waals surface area contributed by atoms with Gasteiger partial charge in [0, 0.05) is 12.1 Å². The van der Waals surface area contributed by atoms with E-state index < -0.39 is 12.0 Å². The summed E-state index contributed by atoms with van der Waals surface area (Å²) in [6.07, 6.45) is 0. The van der Waals surface area contributed by atoms with Crippen molar-refractivity contribution in [2.75, 3.05) is 6.61 Å². The predicted octanol–water partition coefficient (Wildman–Crippen LogP) is 1.31. The maximum Gasteiger partial charge on any atom is 0.466 e. The molecule has 0 aliphatic carbocycles. The lowest BCUT2D eigenvalue weighted by Crippen LogP contribution is -2.49. The number of benzene rings is 2. The number of hydrazone groups is 1. The first kappa shape index (κ1) is 13.3. The first-order valence-corrected chi connectivity index (χ1v) is 6.47. The molecule has 6 nitrogen and oxygen atoms in total. The summed E-state index contributed by atoms with van der Waals surface area (Å²) in [4.78, 5) is 10.2. The van der Waals surface area contributed by atoms with E-state index in [1.165, 1.54) is 12.1 Å². The molecule has 0 spiro atoms. The highest BCUT2D eigenvalue weighted by atomic mass is 16.6. The zero-order chi connectivity index (χ0) is 14.7. The van der Waals surface area contributed by atoms with Crippen molar-refractivity contribution in [3.05, 3.63) is 70.3 Å². The molecule has 0 bridgehead atoms. The van der Waals surface area contributed by atoms with Gasteiger partial charge in [0.1, 0.15) is 0 Å². The van der Waals surface area contributed by atoms with E-state index in [4.69, 9.17) is 4.65 Å². The molecule has 0 atom stereocenters. The van der Waals surface area contributed by atoms with Crippen molar-refractivity contribution in [2.24, 2.45) is 5.10 Å². The van der Waals surface area contributed by atoms with E-state index in [0.717, 1.165) is 16.7 Å². The van der Waals surface area contributed by atoms with E-state index in [1.807, 2.05) is 30.3 Å². The Morgan fingerprint density at radius 3 is 2.43 bits per heavy atom. The molecule has 2 aromatic carbocycles. The SMILES string of the molecule is O=[N+]([O-])c1ccc(B2NN=C(c3ccccc3)CO2)cc1. The molecule has 0 radical (unpaired) electrons. The summed E-state index contributed by atoms with van der Waals surface area (Å²) in [6, 6.07) is 16.0. The Morgan fingerprint density at radius 2 is 1.86 bits per heavy atom. The molecule has 0 saturated carbocycles. The zero-order valence-electron chi connectivity index (χ0n) is 11.1.